The summed E-state index contributed by atoms with van der Waals surface area (Å²) in [5.41, 5.74) is 12.8. The lowest BCUT2D eigenvalue weighted by Gasteiger charge is -2.11. The van der Waals surface area contributed by atoms with Crippen molar-refractivity contribution in [3.8, 4) is 17.9 Å². The molecule has 3 N–H and O–H groups in total. The maximum Gasteiger partial charge on any atom is 0.142 e. The molecule has 128 valence electrons. The van der Waals surface area contributed by atoms with Crippen molar-refractivity contribution in [2.24, 2.45) is 0 Å². The lowest BCUT2D eigenvalue weighted by molar-refractivity contribution is 0.467. The van der Waals surface area contributed by atoms with E-state index in [-0.39, 0.29) is 11.6 Å². The Kier molecular flexibility index (Phi) is 4.02. The van der Waals surface area contributed by atoms with Crippen molar-refractivity contribution < 1.29 is 5.11 Å². The van der Waals surface area contributed by atoms with E-state index in [1.54, 1.807) is 0 Å². The Bertz CT molecular complexity index is 1090. The molecule has 0 saturated heterocycles. The zero-order chi connectivity index (χ0) is 19.2. The van der Waals surface area contributed by atoms with Crippen LogP contribution in [0.5, 0.6) is 5.75 Å². The summed E-state index contributed by atoms with van der Waals surface area (Å²) in [4.78, 5) is 4.32. The number of nitrogens with zero attached hydrogens (tertiary/aromatic N) is 3. The summed E-state index contributed by atoms with van der Waals surface area (Å²) in [6, 6.07) is 8.08. The maximum atomic E-state index is 9.99. The Morgan fingerprint density at radius 2 is 1.69 bits per heavy atom. The molecule has 5 nitrogen and oxygen atoms in total. The van der Waals surface area contributed by atoms with E-state index in [1.165, 1.54) is 0 Å². The van der Waals surface area contributed by atoms with Crippen molar-refractivity contribution >= 4 is 23.0 Å². The molecule has 1 aromatic carbocycles. The molecule has 0 bridgehead atoms. The molecule has 1 aromatic heterocycles. The minimum atomic E-state index is 0.141. The van der Waals surface area contributed by atoms with Crippen molar-refractivity contribution in [3.63, 3.8) is 0 Å². The summed E-state index contributed by atoms with van der Waals surface area (Å²) in [6.07, 6.45) is 1.96. The Balaban J connectivity index is 2.34. The number of anilines is 1. The van der Waals surface area contributed by atoms with Crippen LogP contribution < -0.4 is 5.73 Å². The van der Waals surface area contributed by atoms with E-state index in [9.17, 15) is 15.6 Å². The van der Waals surface area contributed by atoms with E-state index in [0.717, 1.165) is 39.0 Å². The normalized spacial score (nSPS) is 14.3. The molecule has 0 aliphatic heterocycles. The molecule has 0 amide bonds. The van der Waals surface area contributed by atoms with Crippen LogP contribution >= 0.6 is 0 Å². The number of nitrogens with two attached hydrogens (primary N) is 1. The Morgan fingerprint density at radius 3 is 2.23 bits per heavy atom. The quantitative estimate of drug-likeness (QED) is 0.814. The van der Waals surface area contributed by atoms with Gasteiger partial charge in [-0.3, -0.25) is 0 Å². The summed E-state index contributed by atoms with van der Waals surface area (Å²) < 4.78 is 0. The van der Waals surface area contributed by atoms with Crippen molar-refractivity contribution in [1.82, 2.24) is 4.98 Å². The van der Waals surface area contributed by atoms with E-state index in [0.29, 0.717) is 16.8 Å². The molecule has 5 heteroatoms. The molecule has 1 aliphatic carbocycles. The average Bonchev–Trinajstić information content (AvgIpc) is 2.84. The molecular formula is C21H18N4O. The van der Waals surface area contributed by atoms with Crippen LogP contribution in [0.25, 0.3) is 17.2 Å². The lowest BCUT2D eigenvalue weighted by Crippen LogP contribution is -2.03. The molecule has 0 unspecified atom stereocenters. The highest BCUT2D eigenvalue weighted by molar-refractivity contribution is 6.08. The van der Waals surface area contributed by atoms with Gasteiger partial charge >= 0.3 is 0 Å². The molecular weight excluding hydrogens is 324 g/mol. The van der Waals surface area contributed by atoms with Crippen LogP contribution in [0, 0.1) is 43.4 Å². The van der Waals surface area contributed by atoms with Crippen LogP contribution in [0.3, 0.4) is 0 Å². The third-order valence-electron chi connectivity index (χ3n) is 4.81. The highest BCUT2D eigenvalue weighted by Crippen LogP contribution is 2.44. The second-order valence-electron chi connectivity index (χ2n) is 6.51. The zero-order valence-electron chi connectivity index (χ0n) is 15.1. The highest BCUT2D eigenvalue weighted by atomic mass is 16.3. The fraction of sp³-hybridized carbons (Fsp3) is 0.190. The van der Waals surface area contributed by atoms with E-state index in [4.69, 9.17) is 5.73 Å². The number of rotatable bonds is 1. The van der Waals surface area contributed by atoms with Gasteiger partial charge in [0, 0.05) is 5.56 Å². The Labute approximate surface area is 152 Å². The molecule has 3 rings (SSSR count). The van der Waals surface area contributed by atoms with Crippen molar-refractivity contribution in [2.75, 3.05) is 5.73 Å². The zero-order valence-corrected chi connectivity index (χ0v) is 15.1. The van der Waals surface area contributed by atoms with Crippen molar-refractivity contribution in [1.29, 1.82) is 10.5 Å². The Morgan fingerprint density at radius 1 is 1.08 bits per heavy atom. The molecule has 0 fully saturated rings. The minimum Gasteiger partial charge on any atom is -0.507 e. The molecule has 0 spiro atoms. The lowest BCUT2D eigenvalue weighted by atomic mass is 9.94. The van der Waals surface area contributed by atoms with Gasteiger partial charge in [0.2, 0.25) is 0 Å². The number of aromatic hydroxyl groups is 1. The predicted octanol–water partition coefficient (Wildman–Crippen LogP) is 4.02. The summed E-state index contributed by atoms with van der Waals surface area (Å²) in [6.45, 7) is 7.38. The largest absolute Gasteiger partial charge is 0.507 e. The van der Waals surface area contributed by atoms with Gasteiger partial charge in [-0.2, -0.15) is 10.5 Å². The molecule has 0 saturated carbocycles. The molecule has 26 heavy (non-hydrogen) atoms. The number of allylic oxidation sites excluding steroid dienone is 3. The first-order valence-electron chi connectivity index (χ1n) is 8.14. The number of nitriles is 2. The number of hydrogen-bond acceptors (Lipinski definition) is 5. The number of nitrogen functional groups attached to an aromatic ring is 1. The van der Waals surface area contributed by atoms with Crippen LogP contribution in [-0.4, -0.2) is 10.1 Å². The number of aryl methyl sites for hydroxylation is 2. The number of hydrogen-bond donors (Lipinski definition) is 2. The van der Waals surface area contributed by atoms with Gasteiger partial charge in [-0.15, -0.1) is 0 Å². The molecule has 0 radical (unpaired) electrons. The number of fused-ring (bicyclic) bond motifs is 1. The van der Waals surface area contributed by atoms with E-state index in [1.807, 2.05) is 45.9 Å². The predicted molar refractivity (Wildman–Crippen MR) is 102 cm³/mol. The standard InChI is InChI=1S/C21H18N4O/c1-10-5-14(6-11(2)20(10)26)7-15-12(3)16(8-22)19-18(15)13(4)17(9-23)21(24)25-19/h5-7,26H,1-4H3,(H2,24,25)/b15-7+. The van der Waals surface area contributed by atoms with Crippen molar-refractivity contribution in [2.45, 2.75) is 27.7 Å². The van der Waals surface area contributed by atoms with Crippen LogP contribution in [0.15, 0.2) is 17.7 Å². The SMILES string of the molecule is CC1=C(C#N)c2nc(N)c(C#N)c(C)c2/C1=C/c1cc(C)c(O)c(C)c1. The molecule has 0 atom stereocenters. The summed E-state index contributed by atoms with van der Waals surface area (Å²) >= 11 is 0. The van der Waals surface area contributed by atoms with Crippen LogP contribution in [0.4, 0.5) is 5.82 Å². The molecule has 1 heterocycles. The van der Waals surface area contributed by atoms with E-state index < -0.39 is 0 Å². The Hall–Kier alpha value is -3.57. The number of pyridine rings is 1. The molecule has 2 aromatic rings. The van der Waals surface area contributed by atoms with E-state index >= 15 is 0 Å². The topological polar surface area (TPSA) is 107 Å². The smallest absolute Gasteiger partial charge is 0.142 e. The van der Waals surface area contributed by atoms with Gasteiger partial charge in [-0.25, -0.2) is 4.98 Å². The van der Waals surface area contributed by atoms with Gasteiger partial charge in [-0.1, -0.05) is 0 Å². The summed E-state index contributed by atoms with van der Waals surface area (Å²) in [5, 5.41) is 29.0. The maximum absolute atomic E-state index is 9.99. The fourth-order valence-corrected chi connectivity index (χ4v) is 3.43. The van der Waals surface area contributed by atoms with Crippen LogP contribution in [-0.2, 0) is 0 Å². The minimum absolute atomic E-state index is 0.141. The first kappa shape index (κ1) is 17.3. The summed E-state index contributed by atoms with van der Waals surface area (Å²) in [7, 11) is 0. The van der Waals surface area contributed by atoms with Gasteiger partial charge in [0.1, 0.15) is 23.7 Å². The van der Waals surface area contributed by atoms with Crippen molar-refractivity contribution in [3.05, 3.63) is 56.8 Å². The number of phenolic OH excluding ortho intramolecular Hbond substituents is 1. The highest BCUT2D eigenvalue weighted by Gasteiger charge is 2.29. The first-order chi connectivity index (χ1) is 12.3. The number of phenols is 1. The average molecular weight is 342 g/mol. The van der Waals surface area contributed by atoms with Gasteiger partial charge in [0.25, 0.3) is 0 Å². The monoisotopic (exact) mass is 342 g/mol. The van der Waals surface area contributed by atoms with Gasteiger partial charge in [0.05, 0.1) is 16.8 Å². The van der Waals surface area contributed by atoms with Crippen LogP contribution in [0.1, 0.15) is 46.0 Å². The van der Waals surface area contributed by atoms with Gasteiger partial charge < -0.3 is 10.8 Å². The third-order valence-corrected chi connectivity index (χ3v) is 4.81. The first-order valence-corrected chi connectivity index (χ1v) is 8.14. The second-order valence-corrected chi connectivity index (χ2v) is 6.51. The molecule has 1 aliphatic rings. The number of benzene rings is 1. The summed E-state index contributed by atoms with van der Waals surface area (Å²) in [5.74, 6) is 0.420. The van der Waals surface area contributed by atoms with Crippen LogP contribution in [0.2, 0.25) is 0 Å². The van der Waals surface area contributed by atoms with Gasteiger partial charge in [0.15, 0.2) is 0 Å². The second kappa shape index (κ2) is 6.06. The fourth-order valence-electron chi connectivity index (χ4n) is 3.43. The van der Waals surface area contributed by atoms with Gasteiger partial charge in [-0.05, 0) is 79.3 Å². The number of aromatic nitrogens is 1. The third kappa shape index (κ3) is 2.42. The van der Waals surface area contributed by atoms with E-state index in [2.05, 4.69) is 17.1 Å².